The summed E-state index contributed by atoms with van der Waals surface area (Å²) in [5.74, 6) is 0.728. The number of hydrogen-bond acceptors (Lipinski definition) is 4. The van der Waals surface area contributed by atoms with Crippen LogP contribution in [-0.4, -0.2) is 39.6 Å². The molecule has 0 spiro atoms. The first-order valence-electron chi connectivity index (χ1n) is 7.52. The molecule has 0 bridgehead atoms. The van der Waals surface area contributed by atoms with Gasteiger partial charge in [0.25, 0.3) is 0 Å². The van der Waals surface area contributed by atoms with Crippen LogP contribution in [0.4, 0.5) is 0 Å². The van der Waals surface area contributed by atoms with Crippen molar-refractivity contribution in [2.24, 2.45) is 0 Å². The lowest BCUT2D eigenvalue weighted by molar-refractivity contribution is -0.0110. The third kappa shape index (κ3) is 5.83. The highest BCUT2D eigenvalue weighted by atomic mass is 35.5. The summed E-state index contributed by atoms with van der Waals surface area (Å²) in [7, 11) is 1.70. The Bertz CT molecular complexity index is 422. The second-order valence-electron chi connectivity index (χ2n) is 5.23. The summed E-state index contributed by atoms with van der Waals surface area (Å²) in [6.45, 7) is 3.72. The van der Waals surface area contributed by atoms with Crippen LogP contribution in [0, 0.1) is 0 Å². The van der Waals surface area contributed by atoms with Crippen molar-refractivity contribution in [1.29, 1.82) is 0 Å². The summed E-state index contributed by atoms with van der Waals surface area (Å²) >= 11 is 6.27. The number of nitrogens with one attached hydrogen (secondary N) is 1. The molecule has 0 aromatic heterocycles. The first-order valence-corrected chi connectivity index (χ1v) is 7.90. The van der Waals surface area contributed by atoms with Crippen LogP contribution in [0.25, 0.3) is 0 Å². The van der Waals surface area contributed by atoms with Crippen molar-refractivity contribution in [3.8, 4) is 5.75 Å². The topological polar surface area (TPSA) is 39.7 Å². The molecular weight excluding hydrogens is 290 g/mol. The number of rotatable bonds is 8. The molecule has 1 saturated heterocycles. The predicted molar refractivity (Wildman–Crippen MR) is 84.1 cm³/mol. The van der Waals surface area contributed by atoms with E-state index in [4.69, 9.17) is 25.8 Å². The van der Waals surface area contributed by atoms with Crippen LogP contribution >= 0.6 is 11.6 Å². The Morgan fingerprint density at radius 3 is 3.00 bits per heavy atom. The van der Waals surface area contributed by atoms with E-state index in [1.54, 1.807) is 7.11 Å². The van der Waals surface area contributed by atoms with Crippen molar-refractivity contribution in [3.05, 3.63) is 28.8 Å². The maximum atomic E-state index is 6.27. The van der Waals surface area contributed by atoms with E-state index < -0.39 is 0 Å². The van der Waals surface area contributed by atoms with E-state index in [2.05, 4.69) is 5.32 Å². The maximum Gasteiger partial charge on any atom is 0.138 e. The van der Waals surface area contributed by atoms with Gasteiger partial charge in [-0.1, -0.05) is 17.7 Å². The van der Waals surface area contributed by atoms with Gasteiger partial charge in [0.2, 0.25) is 0 Å². The van der Waals surface area contributed by atoms with E-state index in [0.717, 1.165) is 43.9 Å². The normalized spacial score (nSPS) is 18.7. The Morgan fingerprint density at radius 2 is 2.29 bits per heavy atom. The smallest absolute Gasteiger partial charge is 0.138 e. The molecule has 0 radical (unpaired) electrons. The fraction of sp³-hybridized carbons (Fsp3) is 0.625. The van der Waals surface area contributed by atoms with Crippen molar-refractivity contribution in [3.63, 3.8) is 0 Å². The third-order valence-electron chi connectivity index (χ3n) is 3.51. The second kappa shape index (κ2) is 9.26. The van der Waals surface area contributed by atoms with E-state index in [9.17, 15) is 0 Å². The van der Waals surface area contributed by atoms with E-state index in [1.807, 2.05) is 18.2 Å². The van der Waals surface area contributed by atoms with Gasteiger partial charge in [-0.25, -0.2) is 0 Å². The lowest BCUT2D eigenvalue weighted by Gasteiger charge is -2.22. The van der Waals surface area contributed by atoms with Crippen molar-refractivity contribution in [2.45, 2.75) is 31.9 Å². The summed E-state index contributed by atoms with van der Waals surface area (Å²) in [4.78, 5) is 0. The molecular formula is C16H24ClNO3. The molecule has 4 nitrogen and oxygen atoms in total. The average molecular weight is 314 g/mol. The average Bonchev–Trinajstić information content (AvgIpc) is 2.52. The summed E-state index contributed by atoms with van der Waals surface area (Å²) in [5.41, 5.74) is 1.14. The minimum Gasteiger partial charge on any atom is -0.489 e. The lowest BCUT2D eigenvalue weighted by Crippen LogP contribution is -2.25. The van der Waals surface area contributed by atoms with Gasteiger partial charge in [-0.2, -0.15) is 0 Å². The van der Waals surface area contributed by atoms with Crippen molar-refractivity contribution in [1.82, 2.24) is 5.32 Å². The second-order valence-corrected chi connectivity index (χ2v) is 5.64. The van der Waals surface area contributed by atoms with E-state index in [-0.39, 0.29) is 6.10 Å². The van der Waals surface area contributed by atoms with Crippen molar-refractivity contribution in [2.75, 3.05) is 33.5 Å². The molecule has 1 atom stereocenters. The van der Waals surface area contributed by atoms with Gasteiger partial charge in [0.1, 0.15) is 12.4 Å². The highest BCUT2D eigenvalue weighted by Gasteiger charge is 2.15. The van der Waals surface area contributed by atoms with E-state index in [1.165, 1.54) is 6.42 Å². The number of halogens is 1. The molecule has 118 valence electrons. The summed E-state index contributed by atoms with van der Waals surface area (Å²) in [5, 5.41) is 3.94. The minimum atomic E-state index is 0.199. The Labute approximate surface area is 131 Å². The summed E-state index contributed by atoms with van der Waals surface area (Å²) in [6, 6.07) is 5.90. The van der Waals surface area contributed by atoms with E-state index in [0.29, 0.717) is 18.2 Å². The fourth-order valence-electron chi connectivity index (χ4n) is 2.30. The van der Waals surface area contributed by atoms with Gasteiger partial charge in [0, 0.05) is 26.8 Å². The molecule has 21 heavy (non-hydrogen) atoms. The third-order valence-corrected chi connectivity index (χ3v) is 3.80. The standard InChI is InChI=1S/C16H24ClNO3/c1-19-9-7-18-11-13-5-6-16(15(17)10-13)21-12-14-4-2-3-8-20-14/h5-6,10,14,18H,2-4,7-9,11-12H2,1H3. The number of methoxy groups -OCH3 is 1. The molecule has 0 aliphatic carbocycles. The van der Waals surface area contributed by atoms with Crippen LogP contribution in [0.3, 0.4) is 0 Å². The van der Waals surface area contributed by atoms with E-state index >= 15 is 0 Å². The lowest BCUT2D eigenvalue weighted by atomic mass is 10.1. The molecule has 0 amide bonds. The van der Waals surface area contributed by atoms with Gasteiger partial charge in [-0.05, 0) is 37.0 Å². The van der Waals surface area contributed by atoms with Gasteiger partial charge in [-0.15, -0.1) is 0 Å². The van der Waals surface area contributed by atoms with Crippen LogP contribution in [0.15, 0.2) is 18.2 Å². The Morgan fingerprint density at radius 1 is 1.38 bits per heavy atom. The number of hydrogen-bond donors (Lipinski definition) is 1. The SMILES string of the molecule is COCCNCc1ccc(OCC2CCCCO2)c(Cl)c1. The first kappa shape index (κ1) is 16.6. The minimum absolute atomic E-state index is 0.199. The zero-order valence-electron chi connectivity index (χ0n) is 12.6. The molecule has 1 aliphatic heterocycles. The van der Waals surface area contributed by atoms with Gasteiger partial charge >= 0.3 is 0 Å². The van der Waals surface area contributed by atoms with Gasteiger partial charge < -0.3 is 19.5 Å². The predicted octanol–water partition coefficient (Wildman–Crippen LogP) is 3.02. The molecule has 2 rings (SSSR count). The largest absolute Gasteiger partial charge is 0.489 e. The molecule has 1 aliphatic rings. The molecule has 1 aromatic carbocycles. The number of benzene rings is 1. The van der Waals surface area contributed by atoms with Crippen LogP contribution in [-0.2, 0) is 16.0 Å². The Balaban J connectivity index is 1.78. The quantitative estimate of drug-likeness (QED) is 0.749. The zero-order valence-corrected chi connectivity index (χ0v) is 13.3. The first-order chi connectivity index (χ1) is 10.3. The molecule has 1 N–H and O–H groups in total. The maximum absolute atomic E-state index is 6.27. The van der Waals surface area contributed by atoms with Crippen molar-refractivity contribution < 1.29 is 14.2 Å². The molecule has 1 aromatic rings. The Kier molecular flexibility index (Phi) is 7.30. The van der Waals surface area contributed by atoms with Gasteiger partial charge in [0.05, 0.1) is 17.7 Å². The molecule has 1 fully saturated rings. The fourth-order valence-corrected chi connectivity index (χ4v) is 2.56. The summed E-state index contributed by atoms with van der Waals surface area (Å²) in [6.07, 6.45) is 3.64. The number of ether oxygens (including phenoxy) is 3. The molecule has 1 heterocycles. The molecule has 5 heteroatoms. The monoisotopic (exact) mass is 313 g/mol. The van der Waals surface area contributed by atoms with Gasteiger partial charge in [-0.3, -0.25) is 0 Å². The molecule has 1 unspecified atom stereocenters. The molecule has 0 saturated carbocycles. The van der Waals surface area contributed by atoms with Crippen LogP contribution in [0.5, 0.6) is 5.75 Å². The highest BCUT2D eigenvalue weighted by molar-refractivity contribution is 6.32. The highest BCUT2D eigenvalue weighted by Crippen LogP contribution is 2.26. The van der Waals surface area contributed by atoms with Crippen LogP contribution in [0.1, 0.15) is 24.8 Å². The summed E-state index contributed by atoms with van der Waals surface area (Å²) < 4.78 is 16.4. The van der Waals surface area contributed by atoms with Gasteiger partial charge in [0.15, 0.2) is 0 Å². The van der Waals surface area contributed by atoms with Crippen molar-refractivity contribution >= 4 is 11.6 Å². The van der Waals surface area contributed by atoms with Crippen LogP contribution in [0.2, 0.25) is 5.02 Å². The van der Waals surface area contributed by atoms with Crippen LogP contribution < -0.4 is 10.1 Å². The Hall–Kier alpha value is -0.810. The zero-order chi connectivity index (χ0) is 14.9.